The van der Waals surface area contributed by atoms with E-state index in [-0.39, 0.29) is 17.3 Å². The zero-order valence-electron chi connectivity index (χ0n) is 11.3. The van der Waals surface area contributed by atoms with E-state index < -0.39 is 5.54 Å². The first-order valence-electron chi connectivity index (χ1n) is 5.75. The van der Waals surface area contributed by atoms with Gasteiger partial charge in [-0.15, -0.1) is 0 Å². The number of aryl methyl sites for hydroxylation is 2. The van der Waals surface area contributed by atoms with Crippen molar-refractivity contribution in [1.82, 2.24) is 4.57 Å². The topological polar surface area (TPSA) is 84.5 Å². The zero-order valence-corrected chi connectivity index (χ0v) is 12.0. The SMILES string of the molecule is C[n+]1ccn(CCCC(C)(C)[N+](=O)[O-])c1/C=N/O.[Cl-]. The molecule has 0 amide bonds. The Balaban J connectivity index is 0.00000324. The molecule has 0 spiro atoms. The molecule has 0 radical (unpaired) electrons. The van der Waals surface area contributed by atoms with E-state index >= 15 is 0 Å². The Morgan fingerprint density at radius 1 is 1.63 bits per heavy atom. The van der Waals surface area contributed by atoms with Crippen LogP contribution in [0.1, 0.15) is 32.5 Å². The number of hydrogen-bond donors (Lipinski definition) is 1. The van der Waals surface area contributed by atoms with Crippen LogP contribution in [0.25, 0.3) is 0 Å². The Morgan fingerprint density at radius 3 is 2.79 bits per heavy atom. The molecule has 7 nitrogen and oxygen atoms in total. The normalized spacial score (nSPS) is 11.5. The molecule has 0 aliphatic carbocycles. The van der Waals surface area contributed by atoms with Crippen molar-refractivity contribution in [3.63, 3.8) is 0 Å². The van der Waals surface area contributed by atoms with Gasteiger partial charge in [0, 0.05) is 25.2 Å². The minimum absolute atomic E-state index is 0. The van der Waals surface area contributed by atoms with Gasteiger partial charge in [-0.25, -0.2) is 9.13 Å². The van der Waals surface area contributed by atoms with Crippen molar-refractivity contribution < 1.29 is 27.1 Å². The minimum atomic E-state index is -0.902. The highest BCUT2D eigenvalue weighted by Gasteiger charge is 2.30. The molecule has 0 saturated heterocycles. The number of hydrogen-bond acceptors (Lipinski definition) is 4. The van der Waals surface area contributed by atoms with Gasteiger partial charge in [0.1, 0.15) is 12.4 Å². The summed E-state index contributed by atoms with van der Waals surface area (Å²) in [4.78, 5) is 10.5. The molecule has 1 rings (SSSR count). The van der Waals surface area contributed by atoms with Gasteiger partial charge in [-0.2, -0.15) is 0 Å². The van der Waals surface area contributed by atoms with Crippen molar-refractivity contribution in [2.75, 3.05) is 0 Å². The molecule has 0 saturated carbocycles. The van der Waals surface area contributed by atoms with Crippen molar-refractivity contribution in [3.8, 4) is 0 Å². The van der Waals surface area contributed by atoms with E-state index in [1.165, 1.54) is 6.21 Å². The van der Waals surface area contributed by atoms with E-state index in [2.05, 4.69) is 5.16 Å². The predicted molar refractivity (Wildman–Crippen MR) is 65.3 cm³/mol. The van der Waals surface area contributed by atoms with E-state index in [1.54, 1.807) is 13.8 Å². The number of nitrogens with zero attached hydrogens (tertiary/aromatic N) is 4. The fourth-order valence-corrected chi connectivity index (χ4v) is 1.72. The lowest BCUT2D eigenvalue weighted by atomic mass is 10.00. The standard InChI is InChI=1S/C11H18N4O3.ClH/c1-11(2,15(17)18)5-4-6-14-8-7-13(3)10(14)9-12-16;/h7-9H,4-6H2,1-3H3;1H. The van der Waals surface area contributed by atoms with Gasteiger partial charge >= 0.3 is 5.82 Å². The molecule has 8 heteroatoms. The van der Waals surface area contributed by atoms with E-state index in [0.29, 0.717) is 19.4 Å². The van der Waals surface area contributed by atoms with Crippen LogP contribution in [-0.4, -0.2) is 26.5 Å². The monoisotopic (exact) mass is 290 g/mol. The first-order valence-corrected chi connectivity index (χ1v) is 5.75. The van der Waals surface area contributed by atoms with E-state index in [0.717, 1.165) is 5.82 Å². The third-order valence-corrected chi connectivity index (χ3v) is 2.98. The molecule has 0 fully saturated rings. The third-order valence-electron chi connectivity index (χ3n) is 2.98. The summed E-state index contributed by atoms with van der Waals surface area (Å²) in [5, 5.41) is 22.4. The highest BCUT2D eigenvalue weighted by molar-refractivity contribution is 5.72. The van der Waals surface area contributed by atoms with Crippen LogP contribution >= 0.6 is 0 Å². The lowest BCUT2D eigenvalue weighted by molar-refractivity contribution is -0.671. The van der Waals surface area contributed by atoms with Crippen LogP contribution in [0.4, 0.5) is 0 Å². The summed E-state index contributed by atoms with van der Waals surface area (Å²) in [6.07, 6.45) is 6.23. The lowest BCUT2D eigenvalue weighted by Crippen LogP contribution is -3.00. The molecule has 0 aliphatic heterocycles. The molecule has 1 aromatic heterocycles. The van der Waals surface area contributed by atoms with Crippen LogP contribution in [-0.2, 0) is 13.6 Å². The fourth-order valence-electron chi connectivity index (χ4n) is 1.72. The van der Waals surface area contributed by atoms with Gasteiger partial charge in [-0.3, -0.25) is 10.1 Å². The van der Waals surface area contributed by atoms with Gasteiger partial charge in [-0.1, -0.05) is 5.16 Å². The first kappa shape index (κ1) is 17.4. The summed E-state index contributed by atoms with van der Waals surface area (Å²) in [6.45, 7) is 3.90. The molecule has 1 aromatic rings. The van der Waals surface area contributed by atoms with Gasteiger partial charge in [0.15, 0.2) is 6.21 Å². The van der Waals surface area contributed by atoms with Crippen LogP contribution in [0, 0.1) is 10.1 Å². The van der Waals surface area contributed by atoms with Crippen LogP contribution in [0.2, 0.25) is 0 Å². The molecule has 1 N–H and O–H groups in total. The van der Waals surface area contributed by atoms with Crippen LogP contribution in [0.5, 0.6) is 0 Å². The number of rotatable bonds is 6. The Hall–Kier alpha value is -1.63. The zero-order chi connectivity index (χ0) is 13.8. The van der Waals surface area contributed by atoms with Crippen LogP contribution in [0.3, 0.4) is 0 Å². The quantitative estimate of drug-likeness (QED) is 0.215. The average Bonchev–Trinajstić information content (AvgIpc) is 2.61. The lowest BCUT2D eigenvalue weighted by Gasteiger charge is -2.14. The fraction of sp³-hybridized carbons (Fsp3) is 0.636. The maximum atomic E-state index is 10.8. The summed E-state index contributed by atoms with van der Waals surface area (Å²) >= 11 is 0. The smallest absolute Gasteiger partial charge is 0.303 e. The van der Waals surface area contributed by atoms with Crippen molar-refractivity contribution >= 4 is 6.21 Å². The number of nitro groups is 1. The largest absolute Gasteiger partial charge is 1.00 e. The maximum Gasteiger partial charge on any atom is 0.303 e. The third kappa shape index (κ3) is 4.51. The Morgan fingerprint density at radius 2 is 2.26 bits per heavy atom. The van der Waals surface area contributed by atoms with E-state index in [9.17, 15) is 10.1 Å². The Labute approximate surface area is 118 Å². The van der Waals surface area contributed by atoms with Crippen LogP contribution in [0.15, 0.2) is 17.5 Å². The van der Waals surface area contributed by atoms with Crippen molar-refractivity contribution in [2.45, 2.75) is 38.8 Å². The highest BCUT2D eigenvalue weighted by atomic mass is 35.5. The van der Waals surface area contributed by atoms with Crippen molar-refractivity contribution in [1.29, 1.82) is 0 Å². The van der Waals surface area contributed by atoms with Gasteiger partial charge in [0.05, 0.1) is 13.6 Å². The molecule has 0 aliphatic rings. The van der Waals surface area contributed by atoms with Crippen molar-refractivity contribution in [2.24, 2.45) is 12.2 Å². The molecule has 108 valence electrons. The van der Waals surface area contributed by atoms with Crippen molar-refractivity contribution in [3.05, 3.63) is 28.3 Å². The van der Waals surface area contributed by atoms with Gasteiger partial charge < -0.3 is 17.6 Å². The Kier molecular flexibility index (Phi) is 6.47. The second kappa shape index (κ2) is 7.08. The molecular weight excluding hydrogens is 272 g/mol. The summed E-state index contributed by atoms with van der Waals surface area (Å²) in [7, 11) is 1.84. The summed E-state index contributed by atoms with van der Waals surface area (Å²) in [5.41, 5.74) is -0.902. The molecule has 0 unspecified atom stereocenters. The van der Waals surface area contributed by atoms with E-state index in [1.807, 2.05) is 28.6 Å². The number of aromatic nitrogens is 2. The summed E-state index contributed by atoms with van der Waals surface area (Å²) < 4.78 is 3.72. The van der Waals surface area contributed by atoms with Crippen LogP contribution < -0.4 is 17.0 Å². The molecule has 1 heterocycles. The van der Waals surface area contributed by atoms with E-state index in [4.69, 9.17) is 5.21 Å². The minimum Gasteiger partial charge on any atom is -1.00 e. The maximum absolute atomic E-state index is 10.8. The number of halogens is 1. The average molecular weight is 291 g/mol. The second-order valence-corrected chi connectivity index (χ2v) is 4.88. The highest BCUT2D eigenvalue weighted by Crippen LogP contribution is 2.16. The molecule has 19 heavy (non-hydrogen) atoms. The predicted octanol–water partition coefficient (Wildman–Crippen LogP) is -2.04. The van der Waals surface area contributed by atoms with Gasteiger partial charge in [0.2, 0.25) is 5.54 Å². The van der Waals surface area contributed by atoms with Gasteiger partial charge in [0.25, 0.3) is 0 Å². The number of oxime groups is 1. The molecule has 0 atom stereocenters. The molecular formula is C11H19ClN4O3. The van der Waals surface area contributed by atoms with Gasteiger partial charge in [-0.05, 0) is 6.42 Å². The Bertz CT molecular complexity index is 457. The molecule has 0 aromatic carbocycles. The molecule has 0 bridgehead atoms. The summed E-state index contributed by atoms with van der Waals surface area (Å²) in [5.74, 6) is 0.747. The number of imidazole rings is 1. The first-order chi connectivity index (χ1) is 8.38. The second-order valence-electron chi connectivity index (χ2n) is 4.88. The summed E-state index contributed by atoms with van der Waals surface area (Å²) in [6, 6.07) is 0.